The summed E-state index contributed by atoms with van der Waals surface area (Å²) in [4.78, 5) is 38.8. The van der Waals surface area contributed by atoms with Gasteiger partial charge in [0.1, 0.15) is 6.10 Å². The number of esters is 2. The molecule has 0 aromatic carbocycles. The molecule has 7 atom stereocenters. The Morgan fingerprint density at radius 1 is 1.14 bits per heavy atom. The minimum Gasteiger partial charge on any atom is -0.462 e. The number of unbranched alkanes of at least 4 members (excludes halogenated alkanes) is 1. The first-order chi connectivity index (χ1) is 17.1. The van der Waals surface area contributed by atoms with Gasteiger partial charge in [-0.3, -0.25) is 9.59 Å². The van der Waals surface area contributed by atoms with Crippen LogP contribution in [0.25, 0.3) is 0 Å². The molecular formula is C31H44O6. The van der Waals surface area contributed by atoms with Crippen LogP contribution in [0.1, 0.15) is 87.5 Å². The zero-order valence-corrected chi connectivity index (χ0v) is 24.0. The van der Waals surface area contributed by atoms with E-state index in [1.54, 1.807) is 19.3 Å². The first kappa shape index (κ1) is 27.8. The van der Waals surface area contributed by atoms with Crippen molar-refractivity contribution in [2.75, 3.05) is 7.11 Å². The van der Waals surface area contributed by atoms with Gasteiger partial charge in [-0.05, 0) is 74.0 Å². The highest BCUT2D eigenvalue weighted by molar-refractivity contribution is 5.96. The largest absolute Gasteiger partial charge is 0.462 e. The third-order valence-corrected chi connectivity index (χ3v) is 10.6. The van der Waals surface area contributed by atoms with Crippen LogP contribution in [0.2, 0.25) is 0 Å². The van der Waals surface area contributed by atoms with Gasteiger partial charge in [0.15, 0.2) is 5.78 Å². The molecule has 0 bridgehead atoms. The molecule has 4 rings (SSSR count). The van der Waals surface area contributed by atoms with Crippen molar-refractivity contribution in [1.29, 1.82) is 0 Å². The van der Waals surface area contributed by atoms with Gasteiger partial charge in [0.2, 0.25) is 5.79 Å². The van der Waals surface area contributed by atoms with Crippen LogP contribution in [0.3, 0.4) is 0 Å². The standard InChI is InChI=1S/C31H44O6/c1-10-11-12-19(2)31(35-9)29(7)16-13-21-28(6)15-14-24(33)27(4,5)22(28)17-25(36-20(3)32)30(21,8)23(29)18-26(34)37-31/h12,14-15,18,21-22,25H,10-11,13,16-17H2,1-9H3/b19-12+/t21-,22+,25-,28-,29-,30-,31+/m1/s1. The van der Waals surface area contributed by atoms with Crippen LogP contribution < -0.4 is 0 Å². The van der Waals surface area contributed by atoms with Crippen molar-refractivity contribution in [2.24, 2.45) is 33.5 Å². The fraction of sp³-hybridized carbons (Fsp3) is 0.710. The Morgan fingerprint density at radius 3 is 2.41 bits per heavy atom. The van der Waals surface area contributed by atoms with E-state index in [0.29, 0.717) is 6.42 Å². The predicted octanol–water partition coefficient (Wildman–Crippen LogP) is 6.10. The molecule has 0 radical (unpaired) electrons. The number of methoxy groups -OCH3 is 1. The lowest BCUT2D eigenvalue weighted by Gasteiger charge is -2.68. The summed E-state index contributed by atoms with van der Waals surface area (Å²) in [6.45, 7) is 16.1. The number of ether oxygens (including phenoxy) is 3. The lowest BCUT2D eigenvalue weighted by Crippen LogP contribution is -2.68. The maximum absolute atomic E-state index is 13.3. The van der Waals surface area contributed by atoms with E-state index < -0.39 is 34.1 Å². The molecule has 2 fully saturated rings. The van der Waals surface area contributed by atoms with E-state index in [-0.39, 0.29) is 29.0 Å². The van der Waals surface area contributed by atoms with Crippen molar-refractivity contribution in [3.05, 3.63) is 35.5 Å². The van der Waals surface area contributed by atoms with E-state index in [2.05, 4.69) is 39.8 Å². The van der Waals surface area contributed by atoms with E-state index in [0.717, 1.165) is 36.8 Å². The number of carbonyl (C=O) groups excluding carboxylic acids is 3. The molecule has 0 aromatic heterocycles. The number of cyclic esters (lactones) is 1. The molecule has 1 aliphatic heterocycles. The van der Waals surface area contributed by atoms with Crippen LogP contribution in [-0.2, 0) is 28.6 Å². The minimum absolute atomic E-state index is 0.00112. The molecule has 1 heterocycles. The quantitative estimate of drug-likeness (QED) is 0.327. The minimum atomic E-state index is -1.24. The Labute approximate surface area is 221 Å². The molecule has 0 spiro atoms. The third kappa shape index (κ3) is 3.65. The SMILES string of the molecule is CCC/C=C(\C)[C@]1(OC)OC(=O)C=C2[C@@]3(C)[C@H](CC[C@]21C)[C@@]1(C)C=CC(=O)C(C)(C)[C@@H]1C[C@H]3OC(C)=O. The molecule has 4 aliphatic rings. The van der Waals surface area contributed by atoms with Gasteiger partial charge in [0, 0.05) is 30.9 Å². The van der Waals surface area contributed by atoms with Gasteiger partial charge < -0.3 is 14.2 Å². The Kier molecular flexibility index (Phi) is 6.71. The van der Waals surface area contributed by atoms with Crippen LogP contribution in [0, 0.1) is 33.5 Å². The summed E-state index contributed by atoms with van der Waals surface area (Å²) in [5.41, 5.74) is -0.393. The second-order valence-corrected chi connectivity index (χ2v) is 12.9. The summed E-state index contributed by atoms with van der Waals surface area (Å²) in [5.74, 6) is -1.88. The molecule has 6 heteroatoms. The Morgan fingerprint density at radius 2 is 1.81 bits per heavy atom. The van der Waals surface area contributed by atoms with Crippen LogP contribution in [0.5, 0.6) is 0 Å². The average Bonchev–Trinajstić information content (AvgIpc) is 2.82. The Hall–Kier alpha value is -2.21. The zero-order valence-electron chi connectivity index (χ0n) is 24.0. The van der Waals surface area contributed by atoms with Crippen molar-refractivity contribution >= 4 is 17.7 Å². The molecule has 0 amide bonds. The second kappa shape index (κ2) is 8.93. The van der Waals surface area contributed by atoms with Crippen molar-refractivity contribution < 1.29 is 28.6 Å². The number of hydrogen-bond acceptors (Lipinski definition) is 6. The van der Waals surface area contributed by atoms with Gasteiger partial charge >= 0.3 is 11.9 Å². The number of fused-ring (bicyclic) bond motifs is 5. The number of hydrogen-bond donors (Lipinski definition) is 0. The lowest BCUT2D eigenvalue weighted by atomic mass is 9.37. The summed E-state index contributed by atoms with van der Waals surface area (Å²) in [5, 5.41) is 0. The van der Waals surface area contributed by atoms with Gasteiger partial charge in [0.05, 0.1) is 5.41 Å². The molecule has 3 aliphatic carbocycles. The van der Waals surface area contributed by atoms with Crippen molar-refractivity contribution in [1.82, 2.24) is 0 Å². The molecule has 0 saturated heterocycles. The Balaban J connectivity index is 1.96. The number of ketones is 1. The molecule has 0 unspecified atom stereocenters. The second-order valence-electron chi connectivity index (χ2n) is 12.9. The molecule has 0 aromatic rings. The van der Waals surface area contributed by atoms with Crippen molar-refractivity contribution in [3.63, 3.8) is 0 Å². The van der Waals surface area contributed by atoms with E-state index in [1.807, 2.05) is 20.8 Å². The highest BCUT2D eigenvalue weighted by atomic mass is 16.7. The highest BCUT2D eigenvalue weighted by Gasteiger charge is 2.71. The lowest BCUT2D eigenvalue weighted by molar-refractivity contribution is -0.264. The van der Waals surface area contributed by atoms with Crippen molar-refractivity contribution in [3.8, 4) is 0 Å². The summed E-state index contributed by atoms with van der Waals surface area (Å²) >= 11 is 0. The normalized spacial score (nSPS) is 42.7. The molecule has 204 valence electrons. The zero-order chi connectivity index (χ0) is 27.6. The smallest absolute Gasteiger partial charge is 0.333 e. The van der Waals surface area contributed by atoms with E-state index in [1.165, 1.54) is 6.92 Å². The van der Waals surface area contributed by atoms with Gasteiger partial charge in [-0.25, -0.2) is 4.79 Å². The molecule has 6 nitrogen and oxygen atoms in total. The van der Waals surface area contributed by atoms with Gasteiger partial charge in [0.25, 0.3) is 0 Å². The van der Waals surface area contributed by atoms with Crippen molar-refractivity contribution in [2.45, 2.75) is 99.4 Å². The molecular weight excluding hydrogens is 468 g/mol. The Bertz CT molecular complexity index is 1100. The summed E-state index contributed by atoms with van der Waals surface area (Å²) in [6, 6.07) is 0. The van der Waals surface area contributed by atoms with E-state index in [4.69, 9.17) is 14.2 Å². The number of allylic oxidation sites excluding steroid dienone is 3. The average molecular weight is 513 g/mol. The fourth-order valence-electron chi connectivity index (χ4n) is 8.77. The molecule has 37 heavy (non-hydrogen) atoms. The van der Waals surface area contributed by atoms with Gasteiger partial charge in [-0.15, -0.1) is 0 Å². The summed E-state index contributed by atoms with van der Waals surface area (Å²) in [6.07, 6.45) is 11.0. The predicted molar refractivity (Wildman–Crippen MR) is 141 cm³/mol. The van der Waals surface area contributed by atoms with Crippen LogP contribution in [-0.4, -0.2) is 36.7 Å². The molecule has 2 saturated carbocycles. The van der Waals surface area contributed by atoms with Gasteiger partial charge in [-0.1, -0.05) is 53.2 Å². The first-order valence-electron chi connectivity index (χ1n) is 13.7. The number of carbonyl (C=O) groups is 3. The maximum atomic E-state index is 13.3. The highest BCUT2D eigenvalue weighted by Crippen LogP contribution is 2.72. The van der Waals surface area contributed by atoms with E-state index >= 15 is 0 Å². The van der Waals surface area contributed by atoms with Crippen LogP contribution in [0.4, 0.5) is 0 Å². The fourth-order valence-corrected chi connectivity index (χ4v) is 8.77. The molecule has 0 N–H and O–H groups in total. The monoisotopic (exact) mass is 512 g/mol. The van der Waals surface area contributed by atoms with Gasteiger partial charge in [-0.2, -0.15) is 0 Å². The third-order valence-electron chi connectivity index (χ3n) is 10.6. The van der Waals surface area contributed by atoms with Crippen LogP contribution in [0.15, 0.2) is 35.5 Å². The van der Waals surface area contributed by atoms with Crippen LogP contribution >= 0.6 is 0 Å². The maximum Gasteiger partial charge on any atom is 0.333 e. The summed E-state index contributed by atoms with van der Waals surface area (Å²) < 4.78 is 18.4. The summed E-state index contributed by atoms with van der Waals surface area (Å²) in [7, 11) is 1.61. The first-order valence-corrected chi connectivity index (χ1v) is 13.7. The van der Waals surface area contributed by atoms with E-state index in [9.17, 15) is 14.4 Å². The number of rotatable bonds is 5. The topological polar surface area (TPSA) is 78.9 Å².